The smallest absolute Gasteiger partial charge is 0.0637 e. The quantitative estimate of drug-likeness (QED) is 0.722. The molecule has 0 bridgehead atoms. The van der Waals surface area contributed by atoms with Crippen LogP contribution in [0.15, 0.2) is 0 Å². The van der Waals surface area contributed by atoms with Gasteiger partial charge in [0.25, 0.3) is 0 Å². The molecule has 0 aliphatic heterocycles. The molecule has 0 aliphatic rings. The second-order valence-electron chi connectivity index (χ2n) is 6.59. The highest BCUT2D eigenvalue weighted by molar-refractivity contribution is 4.80. The second kappa shape index (κ2) is 6.02. The molecule has 0 saturated heterocycles. The third kappa shape index (κ3) is 5.86. The van der Waals surface area contributed by atoms with Gasteiger partial charge in [-0.15, -0.1) is 0 Å². The minimum atomic E-state index is -0.0333. The molecule has 0 amide bonds. The molecule has 0 aromatic carbocycles. The highest BCUT2D eigenvalue weighted by Crippen LogP contribution is 2.25. The van der Waals surface area contributed by atoms with Crippen molar-refractivity contribution in [1.29, 1.82) is 0 Å². The van der Waals surface area contributed by atoms with Crippen LogP contribution >= 0.6 is 0 Å². The Labute approximate surface area is 102 Å². The summed E-state index contributed by atoms with van der Waals surface area (Å²) in [6, 6.07) is 0.493. The van der Waals surface area contributed by atoms with Crippen LogP contribution in [0.3, 0.4) is 0 Å². The molecule has 2 nitrogen and oxygen atoms in total. The summed E-state index contributed by atoms with van der Waals surface area (Å²) in [6.45, 7) is 16.8. The van der Waals surface area contributed by atoms with Crippen LogP contribution < -0.4 is 5.32 Å². The van der Waals surface area contributed by atoms with Crippen molar-refractivity contribution in [2.24, 2.45) is 11.3 Å². The van der Waals surface area contributed by atoms with Crippen molar-refractivity contribution in [2.75, 3.05) is 13.7 Å². The molecule has 2 heteroatoms. The van der Waals surface area contributed by atoms with E-state index in [0.717, 1.165) is 13.0 Å². The van der Waals surface area contributed by atoms with Gasteiger partial charge in [0.15, 0.2) is 0 Å². The fourth-order valence-electron chi connectivity index (χ4n) is 1.53. The number of hydrogen-bond acceptors (Lipinski definition) is 2. The molecule has 0 fully saturated rings. The maximum Gasteiger partial charge on any atom is 0.0637 e. The number of nitrogens with one attached hydrogen (secondary N) is 1. The van der Waals surface area contributed by atoms with Gasteiger partial charge in [-0.3, -0.25) is 0 Å². The molecule has 0 aromatic rings. The van der Waals surface area contributed by atoms with E-state index < -0.39 is 0 Å². The fourth-order valence-corrected chi connectivity index (χ4v) is 1.53. The first-order chi connectivity index (χ1) is 7.10. The molecule has 1 unspecified atom stereocenters. The zero-order valence-electron chi connectivity index (χ0n) is 12.5. The van der Waals surface area contributed by atoms with Crippen molar-refractivity contribution in [3.8, 4) is 0 Å². The third-order valence-electron chi connectivity index (χ3n) is 3.82. The van der Waals surface area contributed by atoms with Crippen LogP contribution in [-0.2, 0) is 4.74 Å². The van der Waals surface area contributed by atoms with Gasteiger partial charge in [0, 0.05) is 19.7 Å². The molecule has 0 heterocycles. The molecule has 0 rings (SSSR count). The summed E-state index contributed by atoms with van der Waals surface area (Å²) in [7, 11) is 1.78. The fraction of sp³-hybridized carbons (Fsp3) is 1.00. The zero-order chi connectivity index (χ0) is 13.0. The normalized spacial score (nSPS) is 15.6. The van der Waals surface area contributed by atoms with E-state index in [0.29, 0.717) is 17.4 Å². The summed E-state index contributed by atoms with van der Waals surface area (Å²) >= 11 is 0. The Morgan fingerprint density at radius 2 is 1.56 bits per heavy atom. The van der Waals surface area contributed by atoms with E-state index >= 15 is 0 Å². The van der Waals surface area contributed by atoms with Gasteiger partial charge in [0.1, 0.15) is 0 Å². The largest absolute Gasteiger partial charge is 0.379 e. The molecule has 1 atom stereocenters. The Bertz CT molecular complexity index is 197. The summed E-state index contributed by atoms with van der Waals surface area (Å²) < 4.78 is 5.45. The van der Waals surface area contributed by atoms with E-state index in [9.17, 15) is 0 Å². The van der Waals surface area contributed by atoms with Gasteiger partial charge in [-0.1, -0.05) is 27.7 Å². The predicted octanol–water partition coefficient (Wildman–Crippen LogP) is 3.46. The van der Waals surface area contributed by atoms with Crippen molar-refractivity contribution in [1.82, 2.24) is 5.32 Å². The SMILES string of the molecule is COC(C)(C)CC(C)NCC(C)(C)C(C)C. The van der Waals surface area contributed by atoms with Crippen molar-refractivity contribution >= 4 is 0 Å². The monoisotopic (exact) mass is 229 g/mol. The number of ether oxygens (including phenoxy) is 1. The molecule has 16 heavy (non-hydrogen) atoms. The van der Waals surface area contributed by atoms with Gasteiger partial charge in [-0.25, -0.2) is 0 Å². The topological polar surface area (TPSA) is 21.3 Å². The van der Waals surface area contributed by atoms with Gasteiger partial charge in [-0.05, 0) is 38.5 Å². The first-order valence-corrected chi connectivity index (χ1v) is 6.39. The van der Waals surface area contributed by atoms with Crippen LogP contribution in [-0.4, -0.2) is 25.3 Å². The number of hydrogen-bond donors (Lipinski definition) is 1. The molecule has 0 aromatic heterocycles. The summed E-state index contributed by atoms with van der Waals surface area (Å²) in [4.78, 5) is 0. The van der Waals surface area contributed by atoms with Crippen molar-refractivity contribution in [3.05, 3.63) is 0 Å². The average molecular weight is 229 g/mol. The Balaban J connectivity index is 4.04. The van der Waals surface area contributed by atoms with Crippen LogP contribution in [0.5, 0.6) is 0 Å². The molecule has 0 saturated carbocycles. The lowest BCUT2D eigenvalue weighted by Crippen LogP contribution is -2.41. The Morgan fingerprint density at radius 1 is 1.06 bits per heavy atom. The first kappa shape index (κ1) is 15.9. The van der Waals surface area contributed by atoms with Crippen molar-refractivity contribution in [2.45, 2.75) is 66.5 Å². The molecule has 98 valence electrons. The molecular weight excluding hydrogens is 198 g/mol. The highest BCUT2D eigenvalue weighted by atomic mass is 16.5. The molecular formula is C14H31NO. The van der Waals surface area contributed by atoms with Gasteiger partial charge in [0.2, 0.25) is 0 Å². The maximum atomic E-state index is 5.45. The van der Waals surface area contributed by atoms with Gasteiger partial charge >= 0.3 is 0 Å². The summed E-state index contributed by atoms with van der Waals surface area (Å²) in [6.07, 6.45) is 1.04. The lowest BCUT2D eigenvalue weighted by atomic mass is 9.81. The lowest BCUT2D eigenvalue weighted by Gasteiger charge is -2.33. The van der Waals surface area contributed by atoms with E-state index in [4.69, 9.17) is 4.74 Å². The molecule has 0 radical (unpaired) electrons. The van der Waals surface area contributed by atoms with Gasteiger partial charge < -0.3 is 10.1 Å². The second-order valence-corrected chi connectivity index (χ2v) is 6.59. The van der Waals surface area contributed by atoms with Crippen LogP contribution in [0.1, 0.15) is 54.9 Å². The minimum Gasteiger partial charge on any atom is -0.379 e. The molecule has 0 spiro atoms. The first-order valence-electron chi connectivity index (χ1n) is 6.39. The van der Waals surface area contributed by atoms with Crippen molar-refractivity contribution < 1.29 is 4.74 Å². The van der Waals surface area contributed by atoms with E-state index in [2.05, 4.69) is 53.8 Å². The van der Waals surface area contributed by atoms with E-state index in [1.165, 1.54) is 0 Å². The third-order valence-corrected chi connectivity index (χ3v) is 3.82. The van der Waals surface area contributed by atoms with E-state index in [-0.39, 0.29) is 5.60 Å². The van der Waals surface area contributed by atoms with Crippen LogP contribution in [0.2, 0.25) is 0 Å². The average Bonchev–Trinajstić information content (AvgIpc) is 2.14. The summed E-state index contributed by atoms with van der Waals surface area (Å²) in [5.74, 6) is 0.697. The molecule has 1 N–H and O–H groups in total. The Morgan fingerprint density at radius 3 is 1.94 bits per heavy atom. The van der Waals surface area contributed by atoms with Crippen LogP contribution in [0, 0.1) is 11.3 Å². The molecule has 0 aliphatic carbocycles. The van der Waals surface area contributed by atoms with Crippen LogP contribution in [0.4, 0.5) is 0 Å². The zero-order valence-corrected chi connectivity index (χ0v) is 12.5. The Hall–Kier alpha value is -0.0800. The number of methoxy groups -OCH3 is 1. The maximum absolute atomic E-state index is 5.45. The predicted molar refractivity (Wildman–Crippen MR) is 71.8 cm³/mol. The van der Waals surface area contributed by atoms with E-state index in [1.54, 1.807) is 7.11 Å². The van der Waals surface area contributed by atoms with Crippen LogP contribution in [0.25, 0.3) is 0 Å². The lowest BCUT2D eigenvalue weighted by molar-refractivity contribution is 0.00753. The van der Waals surface area contributed by atoms with Gasteiger partial charge in [-0.2, -0.15) is 0 Å². The summed E-state index contributed by atoms with van der Waals surface area (Å²) in [5, 5.41) is 3.61. The standard InChI is InChI=1S/C14H31NO/c1-11(2)13(4,5)10-15-12(3)9-14(6,7)16-8/h11-12,15H,9-10H2,1-8H3. The minimum absolute atomic E-state index is 0.0333. The van der Waals surface area contributed by atoms with Gasteiger partial charge in [0.05, 0.1) is 5.60 Å². The van der Waals surface area contributed by atoms with E-state index in [1.807, 2.05) is 0 Å². The summed E-state index contributed by atoms with van der Waals surface area (Å²) in [5.41, 5.74) is 0.319. The Kier molecular flexibility index (Phi) is 5.99. The van der Waals surface area contributed by atoms with Crippen molar-refractivity contribution in [3.63, 3.8) is 0 Å². The highest BCUT2D eigenvalue weighted by Gasteiger charge is 2.25. The number of rotatable bonds is 7.